The first-order valence-corrected chi connectivity index (χ1v) is 13.3. The minimum Gasteiger partial charge on any atom is -0.487 e. The lowest BCUT2D eigenvalue weighted by atomic mass is 9.89. The number of aliphatic hydroxyl groups is 2. The van der Waals surface area contributed by atoms with Gasteiger partial charge in [0.25, 0.3) is 5.91 Å². The predicted octanol–water partition coefficient (Wildman–Crippen LogP) is 4.56. The number of rotatable bonds is 11. The fourth-order valence-corrected chi connectivity index (χ4v) is 3.96. The van der Waals surface area contributed by atoms with Crippen LogP contribution in [0.5, 0.6) is 11.5 Å². The van der Waals surface area contributed by atoms with Gasteiger partial charge in [0.2, 0.25) is 5.60 Å². The van der Waals surface area contributed by atoms with Crippen LogP contribution in [0.2, 0.25) is 0 Å². The first-order chi connectivity index (χ1) is 19.6. The third-order valence-corrected chi connectivity index (χ3v) is 6.61. The summed E-state index contributed by atoms with van der Waals surface area (Å²) in [7, 11) is 0. The zero-order valence-electron chi connectivity index (χ0n) is 23.3. The highest BCUT2D eigenvalue weighted by Crippen LogP contribution is 2.40. The van der Waals surface area contributed by atoms with Crippen LogP contribution in [-0.2, 0) is 11.1 Å². The molecule has 0 radical (unpaired) electrons. The fraction of sp³-hybridized carbons (Fsp3) is 0.400. The van der Waals surface area contributed by atoms with Crippen molar-refractivity contribution in [1.82, 2.24) is 10.3 Å². The molecule has 12 heteroatoms. The number of nitrogens with two attached hydrogens (primary N) is 1. The molecule has 1 aromatic heterocycles. The Morgan fingerprint density at radius 3 is 2.33 bits per heavy atom. The van der Waals surface area contributed by atoms with Gasteiger partial charge < -0.3 is 30.7 Å². The Balaban J connectivity index is 1.66. The van der Waals surface area contributed by atoms with E-state index in [1.54, 1.807) is 13.8 Å². The number of carbonyl (C=O) groups is 1. The third-order valence-electron chi connectivity index (χ3n) is 6.61. The number of halogens is 4. The van der Waals surface area contributed by atoms with Crippen molar-refractivity contribution in [1.29, 1.82) is 0 Å². The molecule has 8 nitrogen and oxygen atoms in total. The number of carbonyl (C=O) groups excluding carboxylic acids is 1. The molecule has 1 saturated carbocycles. The van der Waals surface area contributed by atoms with Crippen LogP contribution in [0.4, 0.5) is 17.6 Å². The van der Waals surface area contributed by atoms with Crippen LogP contribution in [0.15, 0.2) is 54.6 Å². The number of alkyl halides is 3. The monoisotopic (exact) mass is 591 g/mol. The maximum Gasteiger partial charge on any atom is 0.424 e. The van der Waals surface area contributed by atoms with E-state index in [-0.39, 0.29) is 35.3 Å². The average molecular weight is 592 g/mol. The van der Waals surface area contributed by atoms with Crippen molar-refractivity contribution in [3.05, 3.63) is 77.2 Å². The molecule has 0 bridgehead atoms. The molecule has 1 aliphatic carbocycles. The number of ether oxygens (including phenoxy) is 2. The topological polar surface area (TPSA) is 127 Å². The SMILES string of the molecule is CC(O)COc1cc(C(=O)NCC(O)(c2cc(C(C)(C)N)cc(-c3ccc(F)cc3)n2)C(F)(F)F)ccc1OC1CC1. The highest BCUT2D eigenvalue weighted by atomic mass is 19.4. The van der Waals surface area contributed by atoms with Crippen LogP contribution in [0.1, 0.15) is 55.2 Å². The average Bonchev–Trinajstić information content (AvgIpc) is 3.74. The molecule has 42 heavy (non-hydrogen) atoms. The Kier molecular flexibility index (Phi) is 8.81. The molecule has 1 aliphatic rings. The summed E-state index contributed by atoms with van der Waals surface area (Å²) in [5, 5.41) is 22.9. The van der Waals surface area contributed by atoms with Crippen LogP contribution < -0.4 is 20.5 Å². The first-order valence-electron chi connectivity index (χ1n) is 13.3. The zero-order chi connectivity index (χ0) is 30.9. The Hall–Kier alpha value is -3.74. The van der Waals surface area contributed by atoms with Crippen molar-refractivity contribution in [2.24, 2.45) is 5.73 Å². The lowest BCUT2D eigenvalue weighted by Crippen LogP contribution is -2.51. The van der Waals surface area contributed by atoms with E-state index in [2.05, 4.69) is 10.3 Å². The number of benzene rings is 2. The molecule has 4 rings (SSSR count). The number of amides is 1. The summed E-state index contributed by atoms with van der Waals surface area (Å²) < 4.78 is 68.3. The van der Waals surface area contributed by atoms with Crippen LogP contribution in [0.25, 0.3) is 11.3 Å². The summed E-state index contributed by atoms with van der Waals surface area (Å²) in [6.45, 7) is 3.28. The van der Waals surface area contributed by atoms with Gasteiger partial charge in [0.15, 0.2) is 11.5 Å². The molecule has 1 amide bonds. The van der Waals surface area contributed by atoms with Gasteiger partial charge in [0.05, 0.1) is 30.1 Å². The lowest BCUT2D eigenvalue weighted by Gasteiger charge is -2.32. The Morgan fingerprint density at radius 2 is 1.76 bits per heavy atom. The number of aliphatic hydroxyl groups excluding tert-OH is 1. The summed E-state index contributed by atoms with van der Waals surface area (Å²) in [6, 6.07) is 11.6. The molecular weight excluding hydrogens is 558 g/mol. The summed E-state index contributed by atoms with van der Waals surface area (Å²) in [5.74, 6) is -0.993. The van der Waals surface area contributed by atoms with Gasteiger partial charge in [-0.3, -0.25) is 4.79 Å². The Labute approximate surface area is 240 Å². The first kappa shape index (κ1) is 31.2. The van der Waals surface area contributed by atoms with E-state index in [9.17, 15) is 32.6 Å². The summed E-state index contributed by atoms with van der Waals surface area (Å²) >= 11 is 0. The lowest BCUT2D eigenvalue weighted by molar-refractivity contribution is -0.265. The van der Waals surface area contributed by atoms with Gasteiger partial charge in [-0.2, -0.15) is 13.2 Å². The maximum absolute atomic E-state index is 14.5. The second-order valence-corrected chi connectivity index (χ2v) is 11.0. The smallest absolute Gasteiger partial charge is 0.424 e. The van der Waals surface area contributed by atoms with E-state index in [4.69, 9.17) is 15.2 Å². The number of pyridine rings is 1. The number of aromatic nitrogens is 1. The van der Waals surface area contributed by atoms with Crippen LogP contribution in [-0.4, -0.2) is 52.6 Å². The van der Waals surface area contributed by atoms with Crippen molar-refractivity contribution in [2.75, 3.05) is 13.2 Å². The standard InChI is InChI=1S/C30H33F4N3O5/c1-17(38)15-41-25-12-19(6-11-24(25)42-22-9-10-22)27(39)36-16-29(40,30(32,33)34)26-14-20(28(2,3)35)13-23(37-26)18-4-7-21(31)8-5-18/h4-8,11-14,17,22,38,40H,9-10,15-16,35H2,1-3H3,(H,36,39). The summed E-state index contributed by atoms with van der Waals surface area (Å²) in [4.78, 5) is 17.1. The maximum atomic E-state index is 14.5. The highest BCUT2D eigenvalue weighted by molar-refractivity contribution is 5.95. The number of hydrogen-bond acceptors (Lipinski definition) is 7. The molecular formula is C30H33F4N3O5. The fourth-order valence-electron chi connectivity index (χ4n) is 3.96. The van der Waals surface area contributed by atoms with Crippen LogP contribution >= 0.6 is 0 Å². The van der Waals surface area contributed by atoms with Crippen molar-refractivity contribution in [3.8, 4) is 22.8 Å². The second kappa shape index (κ2) is 11.9. The van der Waals surface area contributed by atoms with Crippen molar-refractivity contribution < 1.29 is 42.0 Å². The number of hydrogen-bond donors (Lipinski definition) is 4. The molecule has 0 saturated heterocycles. The molecule has 0 spiro atoms. The van der Waals surface area contributed by atoms with Gasteiger partial charge in [-0.05, 0) is 93.8 Å². The molecule has 5 N–H and O–H groups in total. The van der Waals surface area contributed by atoms with E-state index >= 15 is 0 Å². The highest BCUT2D eigenvalue weighted by Gasteiger charge is 2.56. The minimum atomic E-state index is -5.27. The normalized spacial score (nSPS) is 16.0. The van der Waals surface area contributed by atoms with Gasteiger partial charge in [-0.25, -0.2) is 9.37 Å². The second-order valence-electron chi connectivity index (χ2n) is 11.0. The van der Waals surface area contributed by atoms with Crippen molar-refractivity contribution in [2.45, 2.75) is 63.1 Å². The van der Waals surface area contributed by atoms with E-state index in [1.807, 2.05) is 0 Å². The van der Waals surface area contributed by atoms with Gasteiger partial charge >= 0.3 is 6.18 Å². The summed E-state index contributed by atoms with van der Waals surface area (Å²) in [6.07, 6.45) is -4.37. The largest absolute Gasteiger partial charge is 0.487 e. The molecule has 0 aliphatic heterocycles. The van der Waals surface area contributed by atoms with Gasteiger partial charge in [-0.1, -0.05) is 0 Å². The molecule has 1 fully saturated rings. The van der Waals surface area contributed by atoms with Crippen molar-refractivity contribution >= 4 is 5.91 Å². The minimum absolute atomic E-state index is 0.00179. The number of nitrogens with one attached hydrogen (secondary N) is 1. The molecule has 2 unspecified atom stereocenters. The molecule has 3 aromatic rings. The molecule has 1 heterocycles. The van der Waals surface area contributed by atoms with Crippen molar-refractivity contribution in [3.63, 3.8) is 0 Å². The van der Waals surface area contributed by atoms with Gasteiger partial charge in [-0.15, -0.1) is 0 Å². The van der Waals surface area contributed by atoms with Crippen LogP contribution in [0, 0.1) is 5.82 Å². The van der Waals surface area contributed by atoms with Gasteiger partial charge in [0, 0.05) is 16.7 Å². The Bertz CT molecular complexity index is 1420. The van der Waals surface area contributed by atoms with Gasteiger partial charge in [0.1, 0.15) is 12.4 Å². The predicted molar refractivity (Wildman–Crippen MR) is 146 cm³/mol. The third kappa shape index (κ3) is 7.36. The quantitative estimate of drug-likeness (QED) is 0.241. The van der Waals surface area contributed by atoms with E-state index in [0.29, 0.717) is 11.3 Å². The number of nitrogens with zero attached hydrogens (tertiary/aromatic N) is 1. The van der Waals surface area contributed by atoms with E-state index in [0.717, 1.165) is 31.0 Å². The zero-order valence-corrected chi connectivity index (χ0v) is 23.3. The molecule has 226 valence electrons. The van der Waals surface area contributed by atoms with Crippen LogP contribution in [0.3, 0.4) is 0 Å². The van der Waals surface area contributed by atoms with E-state index < -0.39 is 47.4 Å². The van der Waals surface area contributed by atoms with E-state index in [1.165, 1.54) is 43.3 Å². The molecule has 2 aromatic carbocycles. The Morgan fingerprint density at radius 1 is 1.10 bits per heavy atom. The molecule has 2 atom stereocenters. The summed E-state index contributed by atoms with van der Waals surface area (Å²) in [5.41, 5.74) is 1.16.